The standard InChI is InChI=1S/C19H15N/c1-2-8-14(9-3-1)19-15-10-4-6-12-17(15)20-18-13-7-5-11-16(18)19/h1-8,10-14H,9H2. The summed E-state index contributed by atoms with van der Waals surface area (Å²) in [5.74, 6) is 0.442. The average molecular weight is 257 g/mol. The molecular formula is C19H15N. The summed E-state index contributed by atoms with van der Waals surface area (Å²) in [7, 11) is 0. The maximum absolute atomic E-state index is 4.79. The number of pyridine rings is 1. The zero-order valence-corrected chi connectivity index (χ0v) is 11.2. The van der Waals surface area contributed by atoms with E-state index in [1.165, 1.54) is 16.3 Å². The van der Waals surface area contributed by atoms with E-state index in [1.54, 1.807) is 0 Å². The Bertz CT molecular complexity index is 789. The van der Waals surface area contributed by atoms with Gasteiger partial charge in [0.1, 0.15) is 0 Å². The Hall–Kier alpha value is -2.41. The van der Waals surface area contributed by atoms with E-state index in [-0.39, 0.29) is 0 Å². The van der Waals surface area contributed by atoms with E-state index >= 15 is 0 Å². The number of para-hydroxylation sites is 2. The molecule has 1 atom stereocenters. The van der Waals surface area contributed by atoms with E-state index in [9.17, 15) is 0 Å². The van der Waals surface area contributed by atoms with E-state index in [0.717, 1.165) is 17.5 Å². The van der Waals surface area contributed by atoms with Gasteiger partial charge in [-0.05, 0) is 24.1 Å². The van der Waals surface area contributed by atoms with Gasteiger partial charge in [-0.2, -0.15) is 0 Å². The summed E-state index contributed by atoms with van der Waals surface area (Å²) < 4.78 is 0. The van der Waals surface area contributed by atoms with Gasteiger partial charge >= 0.3 is 0 Å². The van der Waals surface area contributed by atoms with Crippen molar-refractivity contribution in [2.24, 2.45) is 0 Å². The number of nitrogens with zero attached hydrogens (tertiary/aromatic N) is 1. The van der Waals surface area contributed by atoms with Crippen molar-refractivity contribution < 1.29 is 0 Å². The average Bonchev–Trinajstić information content (AvgIpc) is 2.53. The van der Waals surface area contributed by atoms with Crippen LogP contribution in [0.3, 0.4) is 0 Å². The molecular weight excluding hydrogens is 242 g/mol. The topological polar surface area (TPSA) is 12.9 Å². The SMILES string of the molecule is C1=CCC(c2c3ccccc3nc3ccccc23)C=C1. The van der Waals surface area contributed by atoms with Gasteiger partial charge in [-0.1, -0.05) is 60.7 Å². The molecule has 1 nitrogen and oxygen atoms in total. The van der Waals surface area contributed by atoms with Crippen molar-refractivity contribution in [2.45, 2.75) is 12.3 Å². The Morgan fingerprint density at radius 1 is 0.800 bits per heavy atom. The molecule has 1 heterocycles. The summed E-state index contributed by atoms with van der Waals surface area (Å²) in [6, 6.07) is 16.9. The summed E-state index contributed by atoms with van der Waals surface area (Å²) in [4.78, 5) is 4.79. The summed E-state index contributed by atoms with van der Waals surface area (Å²) in [5, 5.41) is 2.55. The van der Waals surface area contributed by atoms with Crippen LogP contribution in [0.1, 0.15) is 17.9 Å². The molecule has 0 bridgehead atoms. The lowest BCUT2D eigenvalue weighted by atomic mass is 9.87. The summed E-state index contributed by atoms with van der Waals surface area (Å²) >= 11 is 0. The fourth-order valence-electron chi connectivity index (χ4n) is 3.07. The summed E-state index contributed by atoms with van der Waals surface area (Å²) in [5.41, 5.74) is 3.58. The minimum absolute atomic E-state index is 0.442. The molecule has 1 unspecified atom stereocenters. The van der Waals surface area contributed by atoms with Gasteiger partial charge in [0.2, 0.25) is 0 Å². The second kappa shape index (κ2) is 4.61. The van der Waals surface area contributed by atoms with Crippen molar-refractivity contribution >= 4 is 21.8 Å². The smallest absolute Gasteiger partial charge is 0.0712 e. The van der Waals surface area contributed by atoms with Crippen LogP contribution in [0.2, 0.25) is 0 Å². The van der Waals surface area contributed by atoms with Crippen LogP contribution in [-0.4, -0.2) is 4.98 Å². The predicted molar refractivity (Wildman–Crippen MR) is 84.9 cm³/mol. The molecule has 1 heteroatoms. The van der Waals surface area contributed by atoms with Crippen molar-refractivity contribution in [2.75, 3.05) is 0 Å². The van der Waals surface area contributed by atoms with Crippen LogP contribution in [0.4, 0.5) is 0 Å². The van der Waals surface area contributed by atoms with Crippen molar-refractivity contribution in [3.05, 3.63) is 78.4 Å². The molecule has 0 N–H and O–H groups in total. The zero-order valence-electron chi connectivity index (χ0n) is 11.2. The monoisotopic (exact) mass is 257 g/mol. The summed E-state index contributed by atoms with van der Waals surface area (Å²) in [6.07, 6.45) is 9.89. The third-order valence-electron chi connectivity index (χ3n) is 3.98. The van der Waals surface area contributed by atoms with Crippen molar-refractivity contribution in [1.82, 2.24) is 4.98 Å². The van der Waals surface area contributed by atoms with Crippen molar-refractivity contribution in [1.29, 1.82) is 0 Å². The van der Waals surface area contributed by atoms with Gasteiger partial charge in [0.05, 0.1) is 11.0 Å². The van der Waals surface area contributed by atoms with Gasteiger partial charge in [-0.3, -0.25) is 0 Å². The number of allylic oxidation sites excluding steroid dienone is 4. The second-order valence-corrected chi connectivity index (χ2v) is 5.22. The molecule has 0 spiro atoms. The number of hydrogen-bond acceptors (Lipinski definition) is 1. The molecule has 1 aliphatic carbocycles. The predicted octanol–water partition coefficient (Wildman–Crippen LogP) is 4.99. The van der Waals surface area contributed by atoms with Crippen LogP contribution < -0.4 is 0 Å². The molecule has 3 aromatic rings. The van der Waals surface area contributed by atoms with Crippen LogP contribution >= 0.6 is 0 Å². The Kier molecular flexibility index (Phi) is 2.63. The third kappa shape index (κ3) is 1.75. The van der Waals surface area contributed by atoms with Gasteiger partial charge in [0.15, 0.2) is 0 Å². The largest absolute Gasteiger partial charge is 0.248 e. The Morgan fingerprint density at radius 3 is 2.05 bits per heavy atom. The Labute approximate surface area is 118 Å². The van der Waals surface area contributed by atoms with Gasteiger partial charge in [0, 0.05) is 16.7 Å². The molecule has 4 rings (SSSR count). The Balaban J connectivity index is 2.11. The molecule has 0 aliphatic heterocycles. The lowest BCUT2D eigenvalue weighted by molar-refractivity contribution is 0.869. The molecule has 0 radical (unpaired) electrons. The van der Waals surface area contributed by atoms with E-state index < -0.39 is 0 Å². The first-order valence-electron chi connectivity index (χ1n) is 7.04. The molecule has 1 aromatic heterocycles. The van der Waals surface area contributed by atoms with Crippen LogP contribution in [0.25, 0.3) is 21.8 Å². The fraction of sp³-hybridized carbons (Fsp3) is 0.105. The van der Waals surface area contributed by atoms with E-state index in [4.69, 9.17) is 4.98 Å². The van der Waals surface area contributed by atoms with Crippen LogP contribution in [0.5, 0.6) is 0 Å². The number of rotatable bonds is 1. The molecule has 96 valence electrons. The third-order valence-corrected chi connectivity index (χ3v) is 3.98. The van der Waals surface area contributed by atoms with Gasteiger partial charge < -0.3 is 0 Å². The zero-order chi connectivity index (χ0) is 13.4. The minimum atomic E-state index is 0.442. The van der Waals surface area contributed by atoms with E-state index in [0.29, 0.717) is 5.92 Å². The maximum atomic E-state index is 4.79. The number of hydrogen-bond donors (Lipinski definition) is 0. The molecule has 0 saturated carbocycles. The highest BCUT2D eigenvalue weighted by Gasteiger charge is 2.16. The highest BCUT2D eigenvalue weighted by molar-refractivity contribution is 5.98. The van der Waals surface area contributed by atoms with Crippen LogP contribution in [0.15, 0.2) is 72.8 Å². The highest BCUT2D eigenvalue weighted by Crippen LogP contribution is 2.35. The molecule has 2 aromatic carbocycles. The number of benzene rings is 2. The lowest BCUT2D eigenvalue weighted by Gasteiger charge is -2.18. The minimum Gasteiger partial charge on any atom is -0.248 e. The molecule has 0 fully saturated rings. The quantitative estimate of drug-likeness (QED) is 0.560. The number of fused-ring (bicyclic) bond motifs is 2. The number of aromatic nitrogens is 1. The highest BCUT2D eigenvalue weighted by atomic mass is 14.7. The van der Waals surface area contributed by atoms with Crippen molar-refractivity contribution in [3.63, 3.8) is 0 Å². The first-order chi connectivity index (χ1) is 9.93. The van der Waals surface area contributed by atoms with E-state index in [2.05, 4.69) is 72.8 Å². The summed E-state index contributed by atoms with van der Waals surface area (Å²) in [6.45, 7) is 0. The first kappa shape index (κ1) is 11.4. The molecule has 1 aliphatic rings. The molecule has 0 amide bonds. The van der Waals surface area contributed by atoms with Crippen molar-refractivity contribution in [3.8, 4) is 0 Å². The van der Waals surface area contributed by atoms with Crippen LogP contribution in [-0.2, 0) is 0 Å². The lowest BCUT2D eigenvalue weighted by Crippen LogP contribution is -2.00. The first-order valence-corrected chi connectivity index (χ1v) is 7.04. The second-order valence-electron chi connectivity index (χ2n) is 5.22. The van der Waals surface area contributed by atoms with Gasteiger partial charge in [-0.25, -0.2) is 4.98 Å². The van der Waals surface area contributed by atoms with Crippen LogP contribution in [0, 0.1) is 0 Å². The van der Waals surface area contributed by atoms with Gasteiger partial charge in [0.25, 0.3) is 0 Å². The van der Waals surface area contributed by atoms with Gasteiger partial charge in [-0.15, -0.1) is 0 Å². The normalized spacial score (nSPS) is 17.9. The maximum Gasteiger partial charge on any atom is 0.0712 e. The van der Waals surface area contributed by atoms with E-state index in [1.807, 2.05) is 0 Å². The Morgan fingerprint density at radius 2 is 1.45 bits per heavy atom. The molecule has 0 saturated heterocycles. The fourth-order valence-corrected chi connectivity index (χ4v) is 3.07. The molecule has 20 heavy (non-hydrogen) atoms.